The van der Waals surface area contributed by atoms with Gasteiger partial charge in [-0.05, 0) is 43.4 Å². The highest BCUT2D eigenvalue weighted by atomic mass is 16.2. The lowest BCUT2D eigenvalue weighted by Gasteiger charge is -2.37. The zero-order valence-corrected chi connectivity index (χ0v) is 16.8. The number of aromatic amines is 1. The number of carbonyl (C=O) groups is 3. The van der Waals surface area contributed by atoms with Crippen molar-refractivity contribution in [3.05, 3.63) is 35.0 Å². The fourth-order valence-corrected chi connectivity index (χ4v) is 4.10. The molecule has 2 atom stereocenters. The summed E-state index contributed by atoms with van der Waals surface area (Å²) in [6, 6.07) is 5.38. The van der Waals surface area contributed by atoms with E-state index in [0.717, 1.165) is 27.7 Å². The van der Waals surface area contributed by atoms with Crippen LogP contribution in [0.4, 0.5) is 0 Å². The fourth-order valence-electron chi connectivity index (χ4n) is 4.10. The lowest BCUT2D eigenvalue weighted by Crippen LogP contribution is -2.64. The SMILES string of the molecule is CC(=O)N[C@]1(C(=O)N[C@H](C(N)=O)C(C)C)CCc2[nH]c3ccc(C)cc3c2C1. The molecule has 1 aliphatic rings. The average molecular weight is 384 g/mol. The number of nitrogens with one attached hydrogen (secondary N) is 3. The van der Waals surface area contributed by atoms with Crippen molar-refractivity contribution in [1.82, 2.24) is 15.6 Å². The van der Waals surface area contributed by atoms with Crippen LogP contribution in [-0.4, -0.2) is 34.3 Å². The summed E-state index contributed by atoms with van der Waals surface area (Å²) in [4.78, 5) is 40.4. The number of rotatable bonds is 5. The molecule has 1 aromatic carbocycles. The number of amides is 3. The smallest absolute Gasteiger partial charge is 0.246 e. The normalized spacial score (nSPS) is 19.9. The van der Waals surface area contributed by atoms with E-state index < -0.39 is 17.5 Å². The van der Waals surface area contributed by atoms with Gasteiger partial charge in [-0.1, -0.05) is 25.5 Å². The Hall–Kier alpha value is -2.83. The van der Waals surface area contributed by atoms with Gasteiger partial charge in [-0.2, -0.15) is 0 Å². The molecule has 7 heteroatoms. The van der Waals surface area contributed by atoms with E-state index in [9.17, 15) is 14.4 Å². The molecule has 0 unspecified atom stereocenters. The van der Waals surface area contributed by atoms with Crippen molar-refractivity contribution in [2.75, 3.05) is 0 Å². The number of aromatic nitrogens is 1. The second kappa shape index (κ2) is 7.30. The summed E-state index contributed by atoms with van der Waals surface area (Å²) in [5.41, 5.74) is 8.63. The fraction of sp³-hybridized carbons (Fsp3) is 0.476. The zero-order chi connectivity index (χ0) is 20.6. The topological polar surface area (TPSA) is 117 Å². The molecule has 5 N–H and O–H groups in total. The van der Waals surface area contributed by atoms with Crippen LogP contribution in [0.3, 0.4) is 0 Å². The maximum atomic E-state index is 13.3. The minimum absolute atomic E-state index is 0.147. The van der Waals surface area contributed by atoms with Gasteiger partial charge in [0, 0.05) is 29.9 Å². The maximum Gasteiger partial charge on any atom is 0.246 e. The predicted octanol–water partition coefficient (Wildman–Crippen LogP) is 1.47. The van der Waals surface area contributed by atoms with Gasteiger partial charge in [-0.25, -0.2) is 0 Å². The lowest BCUT2D eigenvalue weighted by molar-refractivity contribution is -0.136. The third-order valence-corrected chi connectivity index (χ3v) is 5.54. The van der Waals surface area contributed by atoms with E-state index in [2.05, 4.69) is 21.7 Å². The molecule has 0 fully saturated rings. The van der Waals surface area contributed by atoms with Crippen LogP contribution < -0.4 is 16.4 Å². The summed E-state index contributed by atoms with van der Waals surface area (Å²) >= 11 is 0. The van der Waals surface area contributed by atoms with Crippen LogP contribution in [0.15, 0.2) is 18.2 Å². The first-order valence-electron chi connectivity index (χ1n) is 9.62. The highest BCUT2D eigenvalue weighted by molar-refractivity contribution is 5.96. The summed E-state index contributed by atoms with van der Waals surface area (Å²) in [6.07, 6.45) is 1.43. The Balaban J connectivity index is 2.00. The van der Waals surface area contributed by atoms with Crippen LogP contribution in [-0.2, 0) is 27.2 Å². The molecule has 0 bridgehead atoms. The van der Waals surface area contributed by atoms with E-state index in [-0.39, 0.29) is 17.7 Å². The molecule has 0 saturated heterocycles. The first-order valence-corrected chi connectivity index (χ1v) is 9.62. The van der Waals surface area contributed by atoms with Gasteiger partial charge < -0.3 is 21.4 Å². The van der Waals surface area contributed by atoms with E-state index in [0.29, 0.717) is 19.3 Å². The van der Waals surface area contributed by atoms with Crippen molar-refractivity contribution >= 4 is 28.6 Å². The summed E-state index contributed by atoms with van der Waals surface area (Å²) in [7, 11) is 0. The summed E-state index contributed by atoms with van der Waals surface area (Å²) < 4.78 is 0. The van der Waals surface area contributed by atoms with Crippen LogP contribution in [0.25, 0.3) is 10.9 Å². The molecule has 1 heterocycles. The van der Waals surface area contributed by atoms with E-state index in [4.69, 9.17) is 5.73 Å². The molecule has 150 valence electrons. The van der Waals surface area contributed by atoms with Crippen molar-refractivity contribution in [1.29, 1.82) is 0 Å². The van der Waals surface area contributed by atoms with Crippen molar-refractivity contribution in [3.63, 3.8) is 0 Å². The molecule has 7 nitrogen and oxygen atoms in total. The first-order chi connectivity index (χ1) is 13.1. The Morgan fingerprint density at radius 2 is 1.96 bits per heavy atom. The largest absolute Gasteiger partial charge is 0.368 e. The van der Waals surface area contributed by atoms with Gasteiger partial charge in [0.05, 0.1) is 0 Å². The molecule has 1 aromatic heterocycles. The molecule has 0 radical (unpaired) electrons. The van der Waals surface area contributed by atoms with Gasteiger partial charge in [0.25, 0.3) is 0 Å². The number of nitrogens with two attached hydrogens (primary N) is 1. The number of hydrogen-bond donors (Lipinski definition) is 4. The monoisotopic (exact) mass is 384 g/mol. The van der Waals surface area contributed by atoms with Crippen LogP contribution >= 0.6 is 0 Å². The van der Waals surface area contributed by atoms with Crippen LogP contribution in [0.2, 0.25) is 0 Å². The molecular weight excluding hydrogens is 356 g/mol. The van der Waals surface area contributed by atoms with Crippen LogP contribution in [0.5, 0.6) is 0 Å². The molecule has 1 aliphatic carbocycles. The van der Waals surface area contributed by atoms with Gasteiger partial charge >= 0.3 is 0 Å². The highest BCUT2D eigenvalue weighted by Gasteiger charge is 2.44. The van der Waals surface area contributed by atoms with Gasteiger partial charge in [0.2, 0.25) is 17.7 Å². The molecule has 28 heavy (non-hydrogen) atoms. The summed E-state index contributed by atoms with van der Waals surface area (Å²) in [5, 5.41) is 6.71. The second-order valence-corrected chi connectivity index (χ2v) is 8.17. The number of H-pyrrole nitrogens is 1. The van der Waals surface area contributed by atoms with Gasteiger partial charge in [0.1, 0.15) is 11.6 Å². The summed E-state index contributed by atoms with van der Waals surface area (Å²) in [6.45, 7) is 7.07. The van der Waals surface area contributed by atoms with E-state index >= 15 is 0 Å². The second-order valence-electron chi connectivity index (χ2n) is 8.17. The van der Waals surface area contributed by atoms with Crippen LogP contribution in [0, 0.1) is 12.8 Å². The Morgan fingerprint density at radius 1 is 1.25 bits per heavy atom. The highest BCUT2D eigenvalue weighted by Crippen LogP contribution is 2.35. The minimum Gasteiger partial charge on any atom is -0.368 e. The first kappa shape index (κ1) is 19.9. The van der Waals surface area contributed by atoms with Crippen molar-refractivity contribution < 1.29 is 14.4 Å². The van der Waals surface area contributed by atoms with Gasteiger partial charge in [0.15, 0.2) is 0 Å². The number of primary amides is 1. The van der Waals surface area contributed by atoms with E-state index in [1.165, 1.54) is 6.92 Å². The van der Waals surface area contributed by atoms with Crippen molar-refractivity contribution in [2.45, 2.75) is 58.5 Å². The van der Waals surface area contributed by atoms with E-state index in [1.54, 1.807) is 0 Å². The minimum atomic E-state index is -1.11. The number of fused-ring (bicyclic) bond motifs is 3. The van der Waals surface area contributed by atoms with Gasteiger partial charge in [-0.3, -0.25) is 14.4 Å². The zero-order valence-electron chi connectivity index (χ0n) is 16.8. The molecule has 0 aliphatic heterocycles. The molecule has 3 amide bonds. The number of carbonyl (C=O) groups excluding carboxylic acids is 3. The molecule has 2 aromatic rings. The number of benzene rings is 1. The predicted molar refractivity (Wildman–Crippen MR) is 108 cm³/mol. The molecular formula is C21H28N4O3. The lowest BCUT2D eigenvalue weighted by atomic mass is 9.78. The molecule has 0 spiro atoms. The van der Waals surface area contributed by atoms with Crippen LogP contribution in [0.1, 0.15) is 44.0 Å². The maximum absolute atomic E-state index is 13.3. The van der Waals surface area contributed by atoms with E-state index in [1.807, 2.05) is 32.9 Å². The Bertz CT molecular complexity index is 947. The van der Waals surface area contributed by atoms with Gasteiger partial charge in [-0.15, -0.1) is 0 Å². The third kappa shape index (κ3) is 3.61. The molecule has 0 saturated carbocycles. The number of hydrogen-bond acceptors (Lipinski definition) is 3. The number of aryl methyl sites for hydroxylation is 2. The quantitative estimate of drug-likeness (QED) is 0.625. The molecule has 3 rings (SSSR count). The Kier molecular flexibility index (Phi) is 5.19. The van der Waals surface area contributed by atoms with Crippen molar-refractivity contribution in [2.24, 2.45) is 11.7 Å². The summed E-state index contributed by atoms with van der Waals surface area (Å²) in [5.74, 6) is -1.38. The average Bonchev–Trinajstić information content (AvgIpc) is 2.95. The standard InChI is InChI=1S/C21H28N4O3/c1-11(2)18(19(22)27)24-20(28)21(25-13(4)26)8-7-17-15(10-21)14-9-12(3)5-6-16(14)23-17/h5-6,9,11,18,23H,7-8,10H2,1-4H3,(H2,22,27)(H,24,28)(H,25,26)/t18-,21+/m0/s1. The third-order valence-electron chi connectivity index (χ3n) is 5.54. The Labute approximate surface area is 164 Å². The Morgan fingerprint density at radius 3 is 2.57 bits per heavy atom. The van der Waals surface area contributed by atoms with Crippen molar-refractivity contribution in [3.8, 4) is 0 Å².